The van der Waals surface area contributed by atoms with E-state index < -0.39 is 5.82 Å². The standard InChI is InChI=1S/C21H23FN2O3/c1-15-4-6-16(7-5-15)20(25)23-10-3-11-24(13-12-23)21(26)18-14-17(22)8-9-19(18)27-2/h4-9,14H,3,10-13H2,1-2H3. The molecule has 0 spiro atoms. The Morgan fingerprint density at radius 1 is 0.926 bits per heavy atom. The van der Waals surface area contributed by atoms with Gasteiger partial charge in [0.1, 0.15) is 11.6 Å². The molecule has 2 aromatic rings. The van der Waals surface area contributed by atoms with E-state index in [1.165, 1.54) is 25.3 Å². The summed E-state index contributed by atoms with van der Waals surface area (Å²) in [5.74, 6) is -0.452. The quantitative estimate of drug-likeness (QED) is 0.834. The van der Waals surface area contributed by atoms with E-state index >= 15 is 0 Å². The topological polar surface area (TPSA) is 49.9 Å². The number of carbonyl (C=O) groups excluding carboxylic acids is 2. The second-order valence-corrected chi connectivity index (χ2v) is 6.65. The molecule has 3 rings (SSSR count). The lowest BCUT2D eigenvalue weighted by molar-refractivity contribution is 0.0716. The molecule has 0 saturated carbocycles. The molecule has 0 unspecified atom stereocenters. The molecule has 0 N–H and O–H groups in total. The van der Waals surface area contributed by atoms with Crippen molar-refractivity contribution >= 4 is 11.8 Å². The van der Waals surface area contributed by atoms with Crippen LogP contribution in [0.2, 0.25) is 0 Å². The fraction of sp³-hybridized carbons (Fsp3) is 0.333. The average Bonchev–Trinajstić information content (AvgIpc) is 2.93. The van der Waals surface area contributed by atoms with Crippen molar-refractivity contribution in [1.82, 2.24) is 9.80 Å². The summed E-state index contributed by atoms with van der Waals surface area (Å²) in [7, 11) is 1.45. The Morgan fingerprint density at radius 3 is 2.19 bits per heavy atom. The van der Waals surface area contributed by atoms with Gasteiger partial charge in [-0.2, -0.15) is 0 Å². The molecule has 0 bridgehead atoms. The first kappa shape index (κ1) is 18.9. The number of rotatable bonds is 3. The van der Waals surface area contributed by atoms with Crippen molar-refractivity contribution in [2.45, 2.75) is 13.3 Å². The molecular formula is C21H23FN2O3. The molecule has 1 saturated heterocycles. The van der Waals surface area contributed by atoms with E-state index in [-0.39, 0.29) is 17.4 Å². The third-order valence-electron chi connectivity index (χ3n) is 4.76. The SMILES string of the molecule is COc1ccc(F)cc1C(=O)N1CCCN(C(=O)c2ccc(C)cc2)CC1. The van der Waals surface area contributed by atoms with Crippen LogP contribution in [0.3, 0.4) is 0 Å². The number of ether oxygens (including phenoxy) is 1. The Bertz CT molecular complexity index is 836. The highest BCUT2D eigenvalue weighted by atomic mass is 19.1. The predicted octanol–water partition coefficient (Wildman–Crippen LogP) is 3.13. The van der Waals surface area contributed by atoms with Crippen LogP contribution in [0.4, 0.5) is 4.39 Å². The Balaban J connectivity index is 1.71. The zero-order valence-corrected chi connectivity index (χ0v) is 15.6. The normalized spacial score (nSPS) is 14.6. The van der Waals surface area contributed by atoms with Gasteiger partial charge in [-0.1, -0.05) is 17.7 Å². The summed E-state index contributed by atoms with van der Waals surface area (Å²) >= 11 is 0. The van der Waals surface area contributed by atoms with Gasteiger partial charge in [0.2, 0.25) is 0 Å². The summed E-state index contributed by atoms with van der Waals surface area (Å²) in [4.78, 5) is 29.0. The van der Waals surface area contributed by atoms with Gasteiger partial charge in [0.25, 0.3) is 11.8 Å². The Morgan fingerprint density at radius 2 is 1.56 bits per heavy atom. The zero-order chi connectivity index (χ0) is 19.4. The molecule has 0 aromatic heterocycles. The van der Waals surface area contributed by atoms with Crippen LogP contribution in [0.25, 0.3) is 0 Å². The minimum atomic E-state index is -0.481. The first-order chi connectivity index (χ1) is 13.0. The van der Waals surface area contributed by atoms with E-state index in [1.807, 2.05) is 31.2 Å². The van der Waals surface area contributed by atoms with Gasteiger partial charge < -0.3 is 14.5 Å². The number of hydrogen-bond acceptors (Lipinski definition) is 3. The molecule has 0 radical (unpaired) electrons. The summed E-state index contributed by atoms with van der Waals surface area (Å²) in [5, 5.41) is 0. The monoisotopic (exact) mass is 370 g/mol. The highest BCUT2D eigenvalue weighted by Crippen LogP contribution is 2.22. The summed E-state index contributed by atoms with van der Waals surface area (Å²) < 4.78 is 18.8. The van der Waals surface area contributed by atoms with Crippen molar-refractivity contribution in [3.05, 3.63) is 65.0 Å². The molecule has 2 aromatic carbocycles. The van der Waals surface area contributed by atoms with Crippen molar-refractivity contribution in [3.8, 4) is 5.75 Å². The van der Waals surface area contributed by atoms with Crippen LogP contribution in [0.5, 0.6) is 5.75 Å². The average molecular weight is 370 g/mol. The molecule has 5 nitrogen and oxygen atoms in total. The lowest BCUT2D eigenvalue weighted by Crippen LogP contribution is -2.37. The lowest BCUT2D eigenvalue weighted by Gasteiger charge is -2.23. The number of benzene rings is 2. The summed E-state index contributed by atoms with van der Waals surface area (Å²) in [6.07, 6.45) is 0.668. The van der Waals surface area contributed by atoms with Crippen molar-refractivity contribution < 1.29 is 18.7 Å². The van der Waals surface area contributed by atoms with E-state index in [0.717, 1.165) is 5.56 Å². The zero-order valence-electron chi connectivity index (χ0n) is 15.6. The van der Waals surface area contributed by atoms with Crippen molar-refractivity contribution in [2.75, 3.05) is 33.3 Å². The van der Waals surface area contributed by atoms with Crippen molar-refractivity contribution in [1.29, 1.82) is 0 Å². The maximum atomic E-state index is 13.6. The van der Waals surface area contributed by atoms with Crippen LogP contribution < -0.4 is 4.74 Å². The molecule has 0 atom stereocenters. The van der Waals surface area contributed by atoms with Crippen molar-refractivity contribution in [3.63, 3.8) is 0 Å². The fourth-order valence-electron chi connectivity index (χ4n) is 3.22. The van der Waals surface area contributed by atoms with Crippen LogP contribution in [-0.4, -0.2) is 54.9 Å². The molecule has 1 fully saturated rings. The highest BCUT2D eigenvalue weighted by Gasteiger charge is 2.25. The number of nitrogens with zero attached hydrogens (tertiary/aromatic N) is 2. The van der Waals surface area contributed by atoms with Gasteiger partial charge in [0.15, 0.2) is 0 Å². The maximum Gasteiger partial charge on any atom is 0.257 e. The van der Waals surface area contributed by atoms with E-state index in [2.05, 4.69) is 0 Å². The van der Waals surface area contributed by atoms with Crippen LogP contribution in [0.1, 0.15) is 32.7 Å². The Labute approximate surface area is 158 Å². The Hall–Kier alpha value is -2.89. The van der Waals surface area contributed by atoms with Crippen LogP contribution in [0.15, 0.2) is 42.5 Å². The molecule has 1 heterocycles. The van der Waals surface area contributed by atoms with E-state index in [1.54, 1.807) is 9.80 Å². The molecule has 1 aliphatic heterocycles. The molecule has 2 amide bonds. The number of carbonyl (C=O) groups is 2. The van der Waals surface area contributed by atoms with Crippen LogP contribution in [-0.2, 0) is 0 Å². The third-order valence-corrected chi connectivity index (χ3v) is 4.76. The number of hydrogen-bond donors (Lipinski definition) is 0. The number of aryl methyl sites for hydroxylation is 1. The molecule has 142 valence electrons. The lowest BCUT2D eigenvalue weighted by atomic mass is 10.1. The van der Waals surface area contributed by atoms with Gasteiger partial charge in [-0.05, 0) is 43.7 Å². The number of methoxy groups -OCH3 is 1. The molecule has 1 aliphatic rings. The van der Waals surface area contributed by atoms with Gasteiger partial charge in [-0.25, -0.2) is 4.39 Å². The molecule has 27 heavy (non-hydrogen) atoms. The Kier molecular flexibility index (Phi) is 5.74. The van der Waals surface area contributed by atoms with Gasteiger partial charge in [0, 0.05) is 31.7 Å². The van der Waals surface area contributed by atoms with Crippen LogP contribution >= 0.6 is 0 Å². The number of amides is 2. The third kappa shape index (κ3) is 4.27. The first-order valence-electron chi connectivity index (χ1n) is 8.98. The minimum Gasteiger partial charge on any atom is -0.496 e. The van der Waals surface area contributed by atoms with Gasteiger partial charge in [0.05, 0.1) is 12.7 Å². The van der Waals surface area contributed by atoms with Crippen molar-refractivity contribution in [2.24, 2.45) is 0 Å². The maximum absolute atomic E-state index is 13.6. The first-order valence-corrected chi connectivity index (χ1v) is 8.98. The predicted molar refractivity (Wildman–Crippen MR) is 101 cm³/mol. The minimum absolute atomic E-state index is 0.0346. The van der Waals surface area contributed by atoms with E-state index in [0.29, 0.717) is 43.9 Å². The van der Waals surface area contributed by atoms with Gasteiger partial charge in [-0.15, -0.1) is 0 Å². The second kappa shape index (κ2) is 8.20. The summed E-state index contributed by atoms with van der Waals surface area (Å²) in [6, 6.07) is 11.4. The van der Waals surface area contributed by atoms with Gasteiger partial charge >= 0.3 is 0 Å². The molecule has 6 heteroatoms. The van der Waals surface area contributed by atoms with E-state index in [9.17, 15) is 14.0 Å². The smallest absolute Gasteiger partial charge is 0.257 e. The second-order valence-electron chi connectivity index (χ2n) is 6.65. The molecular weight excluding hydrogens is 347 g/mol. The van der Waals surface area contributed by atoms with E-state index in [4.69, 9.17) is 4.74 Å². The van der Waals surface area contributed by atoms with Crippen LogP contribution in [0, 0.1) is 12.7 Å². The van der Waals surface area contributed by atoms with Gasteiger partial charge in [-0.3, -0.25) is 9.59 Å². The fourth-order valence-corrected chi connectivity index (χ4v) is 3.22. The summed E-state index contributed by atoms with van der Waals surface area (Å²) in [6.45, 7) is 3.91. The number of halogens is 1. The largest absolute Gasteiger partial charge is 0.496 e. The summed E-state index contributed by atoms with van der Waals surface area (Å²) in [5.41, 5.74) is 1.95. The highest BCUT2D eigenvalue weighted by molar-refractivity contribution is 5.97. The molecule has 0 aliphatic carbocycles.